The lowest BCUT2D eigenvalue weighted by molar-refractivity contribution is 0.510. The van der Waals surface area contributed by atoms with Gasteiger partial charge in [-0.25, -0.2) is 0 Å². The Morgan fingerprint density at radius 1 is 1.14 bits per heavy atom. The predicted octanol–water partition coefficient (Wildman–Crippen LogP) is 3.81. The van der Waals surface area contributed by atoms with Crippen LogP contribution in [0.1, 0.15) is 31.7 Å². The SMILES string of the molecule is CN=C(NCCCn1nc(C)cc1C)NCC(Nc1ccccc1)C(C)C.I. The summed E-state index contributed by atoms with van der Waals surface area (Å²) in [6.07, 6.45) is 0.999. The van der Waals surface area contributed by atoms with Gasteiger partial charge in [-0.05, 0) is 44.4 Å². The lowest BCUT2D eigenvalue weighted by Gasteiger charge is -2.25. The number of para-hydroxylation sites is 1. The van der Waals surface area contributed by atoms with Crippen LogP contribution in [0.3, 0.4) is 0 Å². The van der Waals surface area contributed by atoms with Crippen molar-refractivity contribution in [3.05, 3.63) is 47.8 Å². The molecule has 0 spiro atoms. The highest BCUT2D eigenvalue weighted by atomic mass is 127. The number of hydrogen-bond donors (Lipinski definition) is 3. The lowest BCUT2D eigenvalue weighted by Crippen LogP contribution is -2.45. The number of rotatable bonds is 9. The molecule has 0 aliphatic carbocycles. The maximum absolute atomic E-state index is 4.50. The fourth-order valence-electron chi connectivity index (χ4n) is 2.97. The van der Waals surface area contributed by atoms with E-state index < -0.39 is 0 Å². The number of aryl methyl sites for hydroxylation is 3. The van der Waals surface area contributed by atoms with E-state index in [1.165, 1.54) is 5.69 Å². The second-order valence-corrected chi connectivity index (χ2v) is 7.24. The van der Waals surface area contributed by atoms with Gasteiger partial charge < -0.3 is 16.0 Å². The van der Waals surface area contributed by atoms with Crippen LogP contribution in [-0.2, 0) is 6.54 Å². The van der Waals surface area contributed by atoms with Crippen molar-refractivity contribution in [1.29, 1.82) is 0 Å². The van der Waals surface area contributed by atoms with E-state index in [2.05, 4.69) is 81.8 Å². The molecule has 1 heterocycles. The highest BCUT2D eigenvalue weighted by Gasteiger charge is 2.13. The number of halogens is 1. The Labute approximate surface area is 186 Å². The smallest absolute Gasteiger partial charge is 0.191 e. The molecule has 0 fully saturated rings. The maximum Gasteiger partial charge on any atom is 0.191 e. The second kappa shape index (κ2) is 12.6. The summed E-state index contributed by atoms with van der Waals surface area (Å²) in [4.78, 5) is 4.34. The van der Waals surface area contributed by atoms with E-state index in [-0.39, 0.29) is 24.0 Å². The molecule has 0 bridgehead atoms. The molecule has 2 aromatic rings. The van der Waals surface area contributed by atoms with Crippen molar-refractivity contribution in [2.75, 3.05) is 25.5 Å². The van der Waals surface area contributed by atoms with E-state index >= 15 is 0 Å². The quantitative estimate of drug-likeness (QED) is 0.213. The molecule has 28 heavy (non-hydrogen) atoms. The molecule has 0 saturated heterocycles. The second-order valence-electron chi connectivity index (χ2n) is 7.24. The van der Waals surface area contributed by atoms with Crippen LogP contribution in [0.15, 0.2) is 41.4 Å². The average Bonchev–Trinajstić information content (AvgIpc) is 2.97. The first kappa shape index (κ1) is 24.3. The van der Waals surface area contributed by atoms with Crippen LogP contribution < -0.4 is 16.0 Å². The van der Waals surface area contributed by atoms with Crippen molar-refractivity contribution < 1.29 is 0 Å². The predicted molar refractivity (Wildman–Crippen MR) is 130 cm³/mol. The van der Waals surface area contributed by atoms with Crippen molar-refractivity contribution in [3.63, 3.8) is 0 Å². The van der Waals surface area contributed by atoms with Gasteiger partial charge in [0.15, 0.2) is 5.96 Å². The van der Waals surface area contributed by atoms with Gasteiger partial charge in [-0.2, -0.15) is 5.10 Å². The van der Waals surface area contributed by atoms with E-state index in [9.17, 15) is 0 Å². The molecule has 0 amide bonds. The van der Waals surface area contributed by atoms with Gasteiger partial charge in [0, 0.05) is 44.1 Å². The van der Waals surface area contributed by atoms with Gasteiger partial charge in [-0.15, -0.1) is 24.0 Å². The van der Waals surface area contributed by atoms with E-state index in [4.69, 9.17) is 0 Å². The Hall–Kier alpha value is -1.77. The molecule has 1 aromatic carbocycles. The Morgan fingerprint density at radius 3 is 2.43 bits per heavy atom. The van der Waals surface area contributed by atoms with Crippen LogP contribution in [0.4, 0.5) is 5.69 Å². The zero-order chi connectivity index (χ0) is 19.6. The summed E-state index contributed by atoms with van der Waals surface area (Å²) in [5.74, 6) is 1.34. The molecule has 0 saturated carbocycles. The molecule has 0 radical (unpaired) electrons. The minimum Gasteiger partial charge on any atom is -0.380 e. The number of benzene rings is 1. The van der Waals surface area contributed by atoms with Crippen LogP contribution in [0.2, 0.25) is 0 Å². The molecule has 3 N–H and O–H groups in total. The monoisotopic (exact) mass is 498 g/mol. The molecular formula is C21H35IN6. The molecular weight excluding hydrogens is 463 g/mol. The molecule has 0 aliphatic rings. The Bertz CT molecular complexity index is 711. The normalized spacial score (nSPS) is 12.4. The first-order valence-corrected chi connectivity index (χ1v) is 9.76. The molecule has 0 aliphatic heterocycles. The number of nitrogens with zero attached hydrogens (tertiary/aromatic N) is 3. The number of aliphatic imine (C=N–C) groups is 1. The first-order valence-electron chi connectivity index (χ1n) is 9.76. The third-order valence-corrected chi connectivity index (χ3v) is 4.59. The van der Waals surface area contributed by atoms with Crippen molar-refractivity contribution in [2.45, 2.75) is 46.7 Å². The van der Waals surface area contributed by atoms with Gasteiger partial charge >= 0.3 is 0 Å². The van der Waals surface area contributed by atoms with Crippen molar-refractivity contribution in [3.8, 4) is 0 Å². The summed E-state index contributed by atoms with van der Waals surface area (Å²) in [6.45, 7) is 11.2. The third kappa shape index (κ3) is 8.08. The lowest BCUT2D eigenvalue weighted by atomic mass is 10.0. The van der Waals surface area contributed by atoms with Gasteiger partial charge in [0.1, 0.15) is 0 Å². The van der Waals surface area contributed by atoms with Crippen molar-refractivity contribution >= 4 is 35.6 Å². The largest absolute Gasteiger partial charge is 0.380 e. The molecule has 1 unspecified atom stereocenters. The molecule has 1 atom stereocenters. The molecule has 6 nitrogen and oxygen atoms in total. The van der Waals surface area contributed by atoms with Gasteiger partial charge in [-0.1, -0.05) is 32.0 Å². The Balaban J connectivity index is 0.00000392. The number of guanidine groups is 1. The number of hydrogen-bond acceptors (Lipinski definition) is 3. The topological polar surface area (TPSA) is 66.3 Å². The summed E-state index contributed by atoms with van der Waals surface area (Å²) in [5.41, 5.74) is 3.43. The van der Waals surface area contributed by atoms with Crippen LogP contribution >= 0.6 is 24.0 Å². The molecule has 2 rings (SSSR count). The number of anilines is 1. The summed E-state index contributed by atoms with van der Waals surface area (Å²) < 4.78 is 2.06. The van der Waals surface area contributed by atoms with Crippen LogP contribution in [-0.4, -0.2) is 41.9 Å². The number of nitrogens with one attached hydrogen (secondary N) is 3. The standard InChI is InChI=1S/C21H34N6.HI/c1-16(2)20(25-19-10-7-6-8-11-19)15-24-21(22-5)23-12-9-13-27-18(4)14-17(3)26-27;/h6-8,10-11,14,16,20,25H,9,12-13,15H2,1-5H3,(H2,22,23,24);1H. The summed E-state index contributed by atoms with van der Waals surface area (Å²) >= 11 is 0. The van der Waals surface area contributed by atoms with Gasteiger partial charge in [0.05, 0.1) is 5.69 Å². The highest BCUT2D eigenvalue weighted by molar-refractivity contribution is 14.0. The van der Waals surface area contributed by atoms with Crippen molar-refractivity contribution in [1.82, 2.24) is 20.4 Å². The third-order valence-electron chi connectivity index (χ3n) is 4.59. The minimum absolute atomic E-state index is 0. The zero-order valence-corrected chi connectivity index (χ0v) is 20.0. The van der Waals surface area contributed by atoms with Gasteiger partial charge in [-0.3, -0.25) is 9.67 Å². The zero-order valence-electron chi connectivity index (χ0n) is 17.7. The fraction of sp³-hybridized carbons (Fsp3) is 0.524. The average molecular weight is 498 g/mol. The summed E-state index contributed by atoms with van der Waals surface area (Å²) in [6, 6.07) is 12.8. The van der Waals surface area contributed by atoms with Gasteiger partial charge in [0.2, 0.25) is 0 Å². The van der Waals surface area contributed by atoms with Gasteiger partial charge in [0.25, 0.3) is 0 Å². The Kier molecular flexibility index (Phi) is 11.0. The highest BCUT2D eigenvalue weighted by Crippen LogP contribution is 2.11. The molecule has 7 heteroatoms. The summed E-state index contributed by atoms with van der Waals surface area (Å²) in [5, 5.41) is 14.9. The van der Waals surface area contributed by atoms with E-state index in [0.717, 1.165) is 43.4 Å². The minimum atomic E-state index is 0. The fourth-order valence-corrected chi connectivity index (χ4v) is 2.97. The van der Waals surface area contributed by atoms with Crippen LogP contribution in [0.5, 0.6) is 0 Å². The molecule has 1 aromatic heterocycles. The Morgan fingerprint density at radius 2 is 1.86 bits per heavy atom. The van der Waals surface area contributed by atoms with Crippen molar-refractivity contribution in [2.24, 2.45) is 10.9 Å². The first-order chi connectivity index (χ1) is 13.0. The van der Waals surface area contributed by atoms with Crippen LogP contribution in [0, 0.1) is 19.8 Å². The van der Waals surface area contributed by atoms with E-state index in [1.54, 1.807) is 0 Å². The molecule has 156 valence electrons. The number of aromatic nitrogens is 2. The summed E-state index contributed by atoms with van der Waals surface area (Å²) in [7, 11) is 1.81. The van der Waals surface area contributed by atoms with E-state index in [0.29, 0.717) is 12.0 Å². The van der Waals surface area contributed by atoms with E-state index in [1.807, 2.05) is 20.0 Å². The maximum atomic E-state index is 4.50. The van der Waals surface area contributed by atoms with Crippen LogP contribution in [0.25, 0.3) is 0 Å².